The molecule has 4 nitrogen and oxygen atoms in total. The third-order valence-electron chi connectivity index (χ3n) is 4.44. The average Bonchev–Trinajstić information content (AvgIpc) is 2.59. The quantitative estimate of drug-likeness (QED) is 0.376. The van der Waals surface area contributed by atoms with Crippen molar-refractivity contribution in [1.29, 1.82) is 0 Å². The number of halogens is 3. The average molecular weight is 502 g/mol. The van der Waals surface area contributed by atoms with Crippen LogP contribution < -0.4 is 5.32 Å². The van der Waals surface area contributed by atoms with Gasteiger partial charge < -0.3 is 15.0 Å². The number of ether oxygens (including phenoxy) is 1. The van der Waals surface area contributed by atoms with Crippen LogP contribution in [0.25, 0.3) is 0 Å². The van der Waals surface area contributed by atoms with Crippen LogP contribution in [-0.4, -0.2) is 55.7 Å². The number of hydrogen-bond donors (Lipinski definition) is 1. The van der Waals surface area contributed by atoms with Crippen molar-refractivity contribution in [2.24, 2.45) is 4.99 Å². The number of guanidine groups is 1. The number of aliphatic imine (C=N–C) groups is 1. The first kappa shape index (κ1) is 22.8. The van der Waals surface area contributed by atoms with Crippen molar-refractivity contribution in [2.45, 2.75) is 24.1 Å². The van der Waals surface area contributed by atoms with Crippen LogP contribution >= 0.6 is 47.3 Å². The lowest BCUT2D eigenvalue weighted by Gasteiger charge is -2.37. The van der Waals surface area contributed by atoms with Gasteiger partial charge in [0.2, 0.25) is 0 Å². The molecule has 8 heteroatoms. The molecule has 0 atom stereocenters. The SMILES string of the molecule is CN=C(NCC1(SC)CCOCC1)N(C)Cc1c(F)cccc1Cl.I. The maximum absolute atomic E-state index is 14.0. The predicted octanol–water partition coefficient (Wildman–Crippen LogP) is 4.02. The molecule has 1 N–H and O–H groups in total. The van der Waals surface area contributed by atoms with Gasteiger partial charge in [0.15, 0.2) is 5.96 Å². The van der Waals surface area contributed by atoms with E-state index in [2.05, 4.69) is 16.6 Å². The molecule has 1 aliphatic heterocycles. The summed E-state index contributed by atoms with van der Waals surface area (Å²) in [6.07, 6.45) is 4.17. The van der Waals surface area contributed by atoms with E-state index in [1.54, 1.807) is 19.2 Å². The highest BCUT2D eigenvalue weighted by molar-refractivity contribution is 14.0. The van der Waals surface area contributed by atoms with Crippen LogP contribution in [0.2, 0.25) is 5.02 Å². The highest BCUT2D eigenvalue weighted by Gasteiger charge is 2.32. The van der Waals surface area contributed by atoms with Crippen molar-refractivity contribution in [1.82, 2.24) is 10.2 Å². The summed E-state index contributed by atoms with van der Waals surface area (Å²) in [5.41, 5.74) is 0.482. The lowest BCUT2D eigenvalue weighted by atomic mass is 9.99. The van der Waals surface area contributed by atoms with Crippen LogP contribution in [0, 0.1) is 5.82 Å². The first-order valence-corrected chi connectivity index (χ1v) is 9.59. The third-order valence-corrected chi connectivity index (χ3v) is 6.21. The summed E-state index contributed by atoms with van der Waals surface area (Å²) >= 11 is 7.99. The molecule has 0 aliphatic carbocycles. The Labute approximate surface area is 175 Å². The van der Waals surface area contributed by atoms with E-state index in [0.29, 0.717) is 17.1 Å². The summed E-state index contributed by atoms with van der Waals surface area (Å²) in [5.74, 6) is 0.434. The van der Waals surface area contributed by atoms with Crippen molar-refractivity contribution in [3.05, 3.63) is 34.6 Å². The van der Waals surface area contributed by atoms with Gasteiger partial charge in [-0.1, -0.05) is 17.7 Å². The summed E-state index contributed by atoms with van der Waals surface area (Å²) < 4.78 is 19.6. The second-order valence-corrected chi connectivity index (χ2v) is 7.64. The molecule has 1 heterocycles. The zero-order chi connectivity index (χ0) is 17.6. The van der Waals surface area contributed by atoms with Gasteiger partial charge in [-0.3, -0.25) is 4.99 Å². The molecule has 1 saturated heterocycles. The van der Waals surface area contributed by atoms with Gasteiger partial charge in [0.1, 0.15) is 5.82 Å². The van der Waals surface area contributed by atoms with Crippen LogP contribution in [0.5, 0.6) is 0 Å². The Bertz CT molecular complexity index is 565. The first-order valence-electron chi connectivity index (χ1n) is 7.99. The van der Waals surface area contributed by atoms with Crippen molar-refractivity contribution < 1.29 is 9.13 Å². The van der Waals surface area contributed by atoms with E-state index < -0.39 is 0 Å². The van der Waals surface area contributed by atoms with Crippen LogP contribution in [0.15, 0.2) is 23.2 Å². The van der Waals surface area contributed by atoms with Gasteiger partial charge in [0, 0.05) is 55.7 Å². The minimum absolute atomic E-state index is 0. The van der Waals surface area contributed by atoms with Gasteiger partial charge >= 0.3 is 0 Å². The van der Waals surface area contributed by atoms with Crippen molar-refractivity contribution in [3.63, 3.8) is 0 Å². The molecule has 1 aromatic rings. The Morgan fingerprint density at radius 3 is 2.68 bits per heavy atom. The molecular weight excluding hydrogens is 476 g/mol. The molecule has 0 bridgehead atoms. The molecule has 1 aliphatic rings. The zero-order valence-electron chi connectivity index (χ0n) is 14.8. The van der Waals surface area contributed by atoms with E-state index in [1.165, 1.54) is 6.07 Å². The predicted molar refractivity (Wildman–Crippen MR) is 116 cm³/mol. The molecule has 2 rings (SSSR count). The molecular formula is C17H26ClFIN3OS. The Morgan fingerprint density at radius 1 is 1.44 bits per heavy atom. The van der Waals surface area contributed by atoms with E-state index in [0.717, 1.165) is 38.6 Å². The summed E-state index contributed by atoms with van der Waals surface area (Å²) in [4.78, 5) is 6.21. The van der Waals surface area contributed by atoms with Crippen molar-refractivity contribution >= 4 is 53.3 Å². The monoisotopic (exact) mass is 501 g/mol. The third kappa shape index (κ3) is 6.15. The second kappa shape index (κ2) is 10.8. The molecule has 0 amide bonds. The number of thioether (sulfide) groups is 1. The number of nitrogens with one attached hydrogen (secondary N) is 1. The molecule has 142 valence electrons. The Morgan fingerprint density at radius 2 is 2.12 bits per heavy atom. The number of hydrogen-bond acceptors (Lipinski definition) is 3. The van der Waals surface area contributed by atoms with Gasteiger partial charge in [-0.15, -0.1) is 24.0 Å². The minimum atomic E-state index is -0.296. The Hall–Kier alpha value is -0.250. The van der Waals surface area contributed by atoms with Crippen LogP contribution in [0.3, 0.4) is 0 Å². The number of nitrogens with zero attached hydrogens (tertiary/aromatic N) is 2. The molecule has 0 aromatic heterocycles. The van der Waals surface area contributed by atoms with Crippen LogP contribution in [-0.2, 0) is 11.3 Å². The fourth-order valence-corrected chi connectivity index (χ4v) is 3.83. The van der Waals surface area contributed by atoms with Crippen LogP contribution in [0.1, 0.15) is 18.4 Å². The largest absolute Gasteiger partial charge is 0.381 e. The first-order chi connectivity index (χ1) is 11.5. The van der Waals surface area contributed by atoms with E-state index >= 15 is 0 Å². The van der Waals surface area contributed by atoms with E-state index in [9.17, 15) is 4.39 Å². The molecule has 0 unspecified atom stereocenters. The summed E-state index contributed by atoms with van der Waals surface area (Å²) in [5, 5.41) is 3.86. The van der Waals surface area contributed by atoms with Gasteiger partial charge in [-0.05, 0) is 31.2 Å². The van der Waals surface area contributed by atoms with Gasteiger partial charge in [0.05, 0.1) is 0 Å². The molecule has 1 fully saturated rings. The summed E-state index contributed by atoms with van der Waals surface area (Å²) in [6, 6.07) is 4.74. The Kier molecular flexibility index (Phi) is 9.84. The molecule has 0 saturated carbocycles. The van der Waals surface area contributed by atoms with E-state index in [1.807, 2.05) is 23.7 Å². The fourth-order valence-electron chi connectivity index (χ4n) is 2.82. The second-order valence-electron chi connectivity index (χ2n) is 5.96. The van der Waals surface area contributed by atoms with E-state index in [4.69, 9.17) is 16.3 Å². The van der Waals surface area contributed by atoms with Gasteiger partial charge in [-0.2, -0.15) is 11.8 Å². The van der Waals surface area contributed by atoms with Gasteiger partial charge in [0.25, 0.3) is 0 Å². The van der Waals surface area contributed by atoms with Crippen molar-refractivity contribution in [3.8, 4) is 0 Å². The topological polar surface area (TPSA) is 36.9 Å². The summed E-state index contributed by atoms with van der Waals surface area (Å²) in [6.45, 7) is 2.75. The summed E-state index contributed by atoms with van der Waals surface area (Å²) in [7, 11) is 3.62. The van der Waals surface area contributed by atoms with E-state index in [-0.39, 0.29) is 34.5 Å². The van der Waals surface area contributed by atoms with Gasteiger partial charge in [-0.25, -0.2) is 4.39 Å². The normalized spacial score (nSPS) is 16.9. The zero-order valence-corrected chi connectivity index (χ0v) is 18.8. The highest BCUT2D eigenvalue weighted by Crippen LogP contribution is 2.33. The molecule has 25 heavy (non-hydrogen) atoms. The lowest BCUT2D eigenvalue weighted by Crippen LogP contribution is -2.48. The number of benzene rings is 1. The standard InChI is InChI=1S/C17H25ClFN3OS.HI/c1-20-16(21-12-17(24-3)7-9-23-10-8-17)22(2)11-13-14(18)5-4-6-15(13)19;/h4-6H,7-12H2,1-3H3,(H,20,21);1H. The highest BCUT2D eigenvalue weighted by atomic mass is 127. The minimum Gasteiger partial charge on any atom is -0.381 e. The molecule has 0 spiro atoms. The molecule has 1 aromatic carbocycles. The fraction of sp³-hybridized carbons (Fsp3) is 0.588. The number of rotatable bonds is 5. The maximum Gasteiger partial charge on any atom is 0.193 e. The molecule has 0 radical (unpaired) electrons. The Balaban J connectivity index is 0.00000312. The van der Waals surface area contributed by atoms with Crippen molar-refractivity contribution in [2.75, 3.05) is 40.1 Å². The maximum atomic E-state index is 14.0. The smallest absolute Gasteiger partial charge is 0.193 e. The lowest BCUT2D eigenvalue weighted by molar-refractivity contribution is 0.0781. The van der Waals surface area contributed by atoms with Crippen LogP contribution in [0.4, 0.5) is 4.39 Å².